The Hall–Kier alpha value is -1.86. The number of amides is 1. The molecule has 1 rings (SSSR count). The maximum Gasteiger partial charge on any atom is 0.407 e. The van der Waals surface area contributed by atoms with Gasteiger partial charge in [-0.05, 0) is 38.8 Å². The van der Waals surface area contributed by atoms with Crippen molar-refractivity contribution in [1.82, 2.24) is 10.3 Å². The molecule has 0 aliphatic heterocycles. The molecule has 1 aromatic rings. The molecule has 4 N–H and O–H groups in total. The van der Waals surface area contributed by atoms with E-state index in [1.807, 2.05) is 0 Å². The number of alkyl carbamates (subject to hydrolysis) is 1. The molecule has 0 radical (unpaired) electrons. The lowest BCUT2D eigenvalue weighted by atomic mass is 10.0. The second-order valence-electron chi connectivity index (χ2n) is 5.72. The van der Waals surface area contributed by atoms with Crippen molar-refractivity contribution < 1.29 is 19.7 Å². The van der Waals surface area contributed by atoms with Crippen molar-refractivity contribution in [3.8, 4) is 0 Å². The van der Waals surface area contributed by atoms with Crippen LogP contribution in [-0.4, -0.2) is 39.5 Å². The number of carbonyl (C=O) groups excluding carboxylic acids is 1. The second kappa shape index (κ2) is 7.24. The van der Waals surface area contributed by atoms with E-state index in [1.54, 1.807) is 20.8 Å². The molecule has 7 nitrogen and oxygen atoms in total. The summed E-state index contributed by atoms with van der Waals surface area (Å²) in [5.74, 6) is 0. The first-order chi connectivity index (χ1) is 9.69. The number of hydrogen-bond donors (Lipinski definition) is 4. The molecular formula is C14H22N2O5. The third-order valence-corrected chi connectivity index (χ3v) is 2.62. The van der Waals surface area contributed by atoms with Crippen LogP contribution in [0.15, 0.2) is 23.1 Å². The highest BCUT2D eigenvalue weighted by Gasteiger charge is 2.20. The van der Waals surface area contributed by atoms with Gasteiger partial charge in [-0.3, -0.25) is 4.79 Å². The van der Waals surface area contributed by atoms with E-state index in [-0.39, 0.29) is 18.5 Å². The summed E-state index contributed by atoms with van der Waals surface area (Å²) in [6.45, 7) is 5.42. The molecule has 1 amide bonds. The summed E-state index contributed by atoms with van der Waals surface area (Å²) in [5, 5.41) is 22.3. The zero-order chi connectivity index (χ0) is 16.0. The van der Waals surface area contributed by atoms with Gasteiger partial charge in [-0.1, -0.05) is 0 Å². The van der Waals surface area contributed by atoms with Gasteiger partial charge in [-0.2, -0.15) is 0 Å². The van der Waals surface area contributed by atoms with Crippen LogP contribution >= 0.6 is 0 Å². The van der Waals surface area contributed by atoms with Crippen LogP contribution in [0, 0.1) is 0 Å². The predicted molar refractivity (Wildman–Crippen MR) is 76.9 cm³/mol. The maximum atomic E-state index is 11.4. The van der Waals surface area contributed by atoms with Gasteiger partial charge >= 0.3 is 6.09 Å². The fourth-order valence-electron chi connectivity index (χ4n) is 1.62. The minimum atomic E-state index is -1.14. The predicted octanol–water partition coefficient (Wildman–Crippen LogP) is 0.684. The van der Waals surface area contributed by atoms with Crippen LogP contribution in [0.2, 0.25) is 0 Å². The van der Waals surface area contributed by atoms with Crippen LogP contribution < -0.4 is 10.9 Å². The monoisotopic (exact) mass is 298 g/mol. The smallest absolute Gasteiger partial charge is 0.407 e. The quantitative estimate of drug-likeness (QED) is 0.639. The summed E-state index contributed by atoms with van der Waals surface area (Å²) >= 11 is 0. The Morgan fingerprint density at radius 1 is 1.38 bits per heavy atom. The molecule has 0 aromatic carbocycles. The number of H-pyrrole nitrogens is 1. The average molecular weight is 298 g/mol. The van der Waals surface area contributed by atoms with Gasteiger partial charge in [0.1, 0.15) is 11.7 Å². The molecule has 0 bridgehead atoms. The molecule has 118 valence electrons. The van der Waals surface area contributed by atoms with Gasteiger partial charge in [0.25, 0.3) is 0 Å². The van der Waals surface area contributed by atoms with Crippen molar-refractivity contribution in [2.75, 3.05) is 6.54 Å². The summed E-state index contributed by atoms with van der Waals surface area (Å²) in [4.78, 5) is 24.7. The SMILES string of the molecule is CC(C)(C)OC(=O)NCCC(O)C(O)c1ccc(=O)[nH]c1. The number of aromatic amines is 1. The Balaban J connectivity index is 2.39. The van der Waals surface area contributed by atoms with Gasteiger partial charge in [-0.25, -0.2) is 4.79 Å². The lowest BCUT2D eigenvalue weighted by molar-refractivity contribution is 0.0121. The second-order valence-corrected chi connectivity index (χ2v) is 5.72. The van der Waals surface area contributed by atoms with E-state index in [4.69, 9.17) is 4.74 Å². The summed E-state index contributed by atoms with van der Waals surface area (Å²) < 4.78 is 5.04. The highest BCUT2D eigenvalue weighted by Crippen LogP contribution is 2.16. The van der Waals surface area contributed by atoms with Crippen LogP contribution in [0.5, 0.6) is 0 Å². The molecule has 2 atom stereocenters. The van der Waals surface area contributed by atoms with Crippen molar-refractivity contribution in [3.05, 3.63) is 34.2 Å². The van der Waals surface area contributed by atoms with Crippen LogP contribution in [0.4, 0.5) is 4.79 Å². The Morgan fingerprint density at radius 3 is 2.57 bits per heavy atom. The highest BCUT2D eigenvalue weighted by molar-refractivity contribution is 5.67. The number of ether oxygens (including phenoxy) is 1. The number of carbonyl (C=O) groups is 1. The number of aliphatic hydroxyl groups is 2. The number of aromatic nitrogens is 1. The van der Waals surface area contributed by atoms with Crippen molar-refractivity contribution in [1.29, 1.82) is 0 Å². The fourth-order valence-corrected chi connectivity index (χ4v) is 1.62. The summed E-state index contributed by atoms with van der Waals surface area (Å²) in [5.41, 5.74) is -0.468. The van der Waals surface area contributed by atoms with E-state index in [1.165, 1.54) is 18.3 Å². The molecule has 0 saturated carbocycles. The Morgan fingerprint density at radius 2 is 2.05 bits per heavy atom. The molecule has 7 heteroatoms. The van der Waals surface area contributed by atoms with E-state index in [0.29, 0.717) is 5.56 Å². The van der Waals surface area contributed by atoms with Crippen LogP contribution in [0.1, 0.15) is 38.9 Å². The first-order valence-electron chi connectivity index (χ1n) is 6.70. The van der Waals surface area contributed by atoms with E-state index in [9.17, 15) is 19.8 Å². The van der Waals surface area contributed by atoms with Crippen LogP contribution in [0.3, 0.4) is 0 Å². The molecule has 0 saturated heterocycles. The molecule has 0 aliphatic rings. The lowest BCUT2D eigenvalue weighted by Crippen LogP contribution is -2.34. The van der Waals surface area contributed by atoms with Gasteiger partial charge in [0.15, 0.2) is 0 Å². The van der Waals surface area contributed by atoms with E-state index >= 15 is 0 Å². The number of hydrogen-bond acceptors (Lipinski definition) is 5. The molecule has 0 spiro atoms. The third-order valence-electron chi connectivity index (χ3n) is 2.62. The summed E-state index contributed by atoms with van der Waals surface area (Å²) in [6.07, 6.45) is -1.28. The van der Waals surface area contributed by atoms with Gasteiger partial charge < -0.3 is 25.3 Å². The van der Waals surface area contributed by atoms with E-state index in [0.717, 1.165) is 0 Å². The van der Waals surface area contributed by atoms with Gasteiger partial charge in [0.2, 0.25) is 5.56 Å². The number of pyridine rings is 1. The molecule has 0 fully saturated rings. The Bertz CT molecular complexity index is 500. The minimum absolute atomic E-state index is 0.152. The summed E-state index contributed by atoms with van der Waals surface area (Å²) in [7, 11) is 0. The average Bonchev–Trinajstić information content (AvgIpc) is 2.36. The van der Waals surface area contributed by atoms with Gasteiger partial charge in [0.05, 0.1) is 6.10 Å². The Labute approximate surface area is 123 Å². The first-order valence-corrected chi connectivity index (χ1v) is 6.70. The number of nitrogens with one attached hydrogen (secondary N) is 2. The molecular weight excluding hydrogens is 276 g/mol. The van der Waals surface area contributed by atoms with Crippen molar-refractivity contribution >= 4 is 6.09 Å². The van der Waals surface area contributed by atoms with Crippen molar-refractivity contribution in [2.24, 2.45) is 0 Å². The molecule has 1 aromatic heterocycles. The van der Waals surface area contributed by atoms with Crippen molar-refractivity contribution in [2.45, 2.75) is 45.0 Å². The topological polar surface area (TPSA) is 112 Å². The third kappa shape index (κ3) is 6.42. The Kier molecular flexibility index (Phi) is 5.92. The van der Waals surface area contributed by atoms with E-state index in [2.05, 4.69) is 10.3 Å². The zero-order valence-corrected chi connectivity index (χ0v) is 12.4. The highest BCUT2D eigenvalue weighted by atomic mass is 16.6. The molecule has 2 unspecified atom stereocenters. The van der Waals surface area contributed by atoms with Gasteiger partial charge in [-0.15, -0.1) is 0 Å². The normalized spacial score (nSPS) is 14.3. The standard InChI is InChI=1S/C14H22N2O5/c1-14(2,3)21-13(20)15-7-6-10(17)12(19)9-4-5-11(18)16-8-9/h4-5,8,10,12,17,19H,6-7H2,1-3H3,(H,15,20)(H,16,18). The largest absolute Gasteiger partial charge is 0.444 e. The van der Waals surface area contributed by atoms with Crippen molar-refractivity contribution in [3.63, 3.8) is 0 Å². The van der Waals surface area contributed by atoms with E-state index < -0.39 is 23.9 Å². The zero-order valence-electron chi connectivity index (χ0n) is 12.4. The minimum Gasteiger partial charge on any atom is -0.444 e. The van der Waals surface area contributed by atoms with Crippen LogP contribution in [0.25, 0.3) is 0 Å². The van der Waals surface area contributed by atoms with Crippen LogP contribution in [-0.2, 0) is 4.74 Å². The molecule has 21 heavy (non-hydrogen) atoms. The lowest BCUT2D eigenvalue weighted by Gasteiger charge is -2.21. The fraction of sp³-hybridized carbons (Fsp3) is 0.571. The van der Waals surface area contributed by atoms with Gasteiger partial charge in [0, 0.05) is 18.8 Å². The number of aliphatic hydroxyl groups excluding tert-OH is 2. The first kappa shape index (κ1) is 17.2. The molecule has 1 heterocycles. The number of rotatable bonds is 5. The summed E-state index contributed by atoms with van der Waals surface area (Å²) in [6, 6.07) is 2.71. The molecule has 0 aliphatic carbocycles. The maximum absolute atomic E-state index is 11.4.